The van der Waals surface area contributed by atoms with Crippen molar-refractivity contribution in [2.45, 2.75) is 26.3 Å². The van der Waals surface area contributed by atoms with Crippen LogP contribution in [-0.2, 0) is 4.79 Å². The van der Waals surface area contributed by atoms with Crippen LogP contribution in [0.5, 0.6) is 0 Å². The van der Waals surface area contributed by atoms with Crippen LogP contribution in [0.3, 0.4) is 0 Å². The highest BCUT2D eigenvalue weighted by Gasteiger charge is 2.15. The molecule has 1 amide bonds. The van der Waals surface area contributed by atoms with Crippen LogP contribution in [0.1, 0.15) is 20.3 Å². The molecule has 0 aliphatic heterocycles. The molecule has 3 nitrogen and oxygen atoms in total. The lowest BCUT2D eigenvalue weighted by Gasteiger charge is -2.17. The molecule has 2 N–H and O–H groups in total. The van der Waals surface area contributed by atoms with Crippen LogP contribution in [0.2, 0.25) is 0 Å². The topological polar surface area (TPSA) is 41.1 Å². The molecule has 0 aliphatic rings. The number of hydrogen-bond donors (Lipinski definition) is 2. The Balaban J connectivity index is 2.75. The minimum Gasteiger partial charge on any atom is -0.372 e. The Labute approximate surface area is 132 Å². The molecule has 0 spiro atoms. The van der Waals surface area contributed by atoms with Gasteiger partial charge in [-0.05, 0) is 57.3 Å². The third-order valence-electron chi connectivity index (χ3n) is 2.31. The number of carbonyl (C=O) groups excluding carboxylic acids is 1. The lowest BCUT2D eigenvalue weighted by Crippen LogP contribution is -2.38. The molecule has 1 rings (SSSR count). The number of halogens is 3. The van der Waals surface area contributed by atoms with Gasteiger partial charge in [-0.1, -0.05) is 22.9 Å². The van der Waals surface area contributed by atoms with Crippen molar-refractivity contribution in [3.05, 3.63) is 25.6 Å². The van der Waals surface area contributed by atoms with E-state index in [0.29, 0.717) is 6.54 Å². The van der Waals surface area contributed by atoms with Gasteiger partial charge in [-0.3, -0.25) is 4.79 Å². The van der Waals surface area contributed by atoms with E-state index in [9.17, 15) is 4.79 Å². The van der Waals surface area contributed by atoms with Gasteiger partial charge in [0.15, 0.2) is 0 Å². The maximum atomic E-state index is 11.8. The first-order valence-electron chi connectivity index (χ1n) is 5.64. The normalized spacial score (nSPS) is 12.1. The summed E-state index contributed by atoms with van der Waals surface area (Å²) in [6.07, 6.45) is 0.935. The average molecular weight is 443 g/mol. The monoisotopic (exact) mass is 440 g/mol. The van der Waals surface area contributed by atoms with E-state index >= 15 is 0 Å². The Morgan fingerprint density at radius 3 is 2.33 bits per heavy atom. The molecule has 6 heteroatoms. The van der Waals surface area contributed by atoms with Gasteiger partial charge < -0.3 is 10.6 Å². The first kappa shape index (κ1) is 16.0. The van der Waals surface area contributed by atoms with Gasteiger partial charge in [0.05, 0.1) is 5.69 Å². The van der Waals surface area contributed by atoms with Crippen molar-refractivity contribution < 1.29 is 4.79 Å². The van der Waals surface area contributed by atoms with Crippen LogP contribution in [0, 0.1) is 0 Å². The van der Waals surface area contributed by atoms with E-state index in [2.05, 4.69) is 58.4 Å². The van der Waals surface area contributed by atoms with E-state index in [0.717, 1.165) is 25.5 Å². The largest absolute Gasteiger partial charge is 0.372 e. The summed E-state index contributed by atoms with van der Waals surface area (Å²) in [5.41, 5.74) is 0.873. The van der Waals surface area contributed by atoms with Crippen molar-refractivity contribution in [2.24, 2.45) is 0 Å². The predicted molar refractivity (Wildman–Crippen MR) is 85.9 cm³/mol. The zero-order chi connectivity index (χ0) is 13.7. The number of hydrogen-bond acceptors (Lipinski definition) is 2. The Morgan fingerprint density at radius 2 is 1.83 bits per heavy atom. The first-order chi connectivity index (χ1) is 8.45. The van der Waals surface area contributed by atoms with E-state index in [1.165, 1.54) is 0 Å². The van der Waals surface area contributed by atoms with Crippen molar-refractivity contribution in [3.63, 3.8) is 0 Å². The summed E-state index contributed by atoms with van der Waals surface area (Å²) in [6.45, 7) is 4.57. The molecular formula is C12H15Br3N2O. The summed E-state index contributed by atoms with van der Waals surface area (Å²) in [5.74, 6) is -0.00133. The standard InChI is InChI=1S/C12H15Br3N2O/c1-3-4-16-12(18)7(2)17-11-9(14)5-8(13)6-10(11)15/h5-7,17H,3-4H2,1-2H3,(H,16,18). The van der Waals surface area contributed by atoms with Gasteiger partial charge in [-0.2, -0.15) is 0 Å². The molecule has 100 valence electrons. The summed E-state index contributed by atoms with van der Waals surface area (Å²) < 4.78 is 2.77. The van der Waals surface area contributed by atoms with Crippen LogP contribution in [0.4, 0.5) is 5.69 Å². The molecule has 1 aromatic rings. The quantitative estimate of drug-likeness (QED) is 0.713. The molecule has 0 radical (unpaired) electrons. The van der Waals surface area contributed by atoms with Crippen LogP contribution in [0.25, 0.3) is 0 Å². The second-order valence-corrected chi connectivity index (χ2v) is 6.53. The highest BCUT2D eigenvalue weighted by Crippen LogP contribution is 2.34. The lowest BCUT2D eigenvalue weighted by molar-refractivity contribution is -0.121. The number of amides is 1. The second-order valence-electron chi connectivity index (χ2n) is 3.90. The van der Waals surface area contributed by atoms with E-state index in [1.54, 1.807) is 0 Å². The molecule has 0 aliphatic carbocycles. The zero-order valence-electron chi connectivity index (χ0n) is 10.2. The van der Waals surface area contributed by atoms with Crippen LogP contribution in [0.15, 0.2) is 25.6 Å². The molecule has 0 saturated heterocycles. The summed E-state index contributed by atoms with van der Waals surface area (Å²) >= 11 is 10.4. The molecule has 1 unspecified atom stereocenters. The zero-order valence-corrected chi connectivity index (χ0v) is 14.9. The van der Waals surface area contributed by atoms with E-state index < -0.39 is 0 Å². The average Bonchev–Trinajstić information content (AvgIpc) is 2.30. The predicted octanol–water partition coefficient (Wildman–Crippen LogP) is 4.30. The van der Waals surface area contributed by atoms with Gasteiger partial charge in [-0.25, -0.2) is 0 Å². The van der Waals surface area contributed by atoms with Crippen molar-refractivity contribution in [3.8, 4) is 0 Å². The number of nitrogens with one attached hydrogen (secondary N) is 2. The summed E-state index contributed by atoms with van der Waals surface area (Å²) in [5, 5.41) is 6.05. The van der Waals surface area contributed by atoms with Crippen LogP contribution >= 0.6 is 47.8 Å². The second kappa shape index (κ2) is 7.50. The van der Waals surface area contributed by atoms with Crippen molar-refractivity contribution in [1.82, 2.24) is 5.32 Å². The number of benzene rings is 1. The Bertz CT molecular complexity index is 414. The fourth-order valence-corrected chi connectivity index (χ4v) is 3.85. The maximum absolute atomic E-state index is 11.8. The fourth-order valence-electron chi connectivity index (χ4n) is 1.36. The Morgan fingerprint density at radius 1 is 1.28 bits per heavy atom. The van der Waals surface area contributed by atoms with Gasteiger partial charge in [0, 0.05) is 20.0 Å². The Hall–Kier alpha value is -0.0700. The van der Waals surface area contributed by atoms with E-state index in [4.69, 9.17) is 0 Å². The van der Waals surface area contributed by atoms with Crippen LogP contribution < -0.4 is 10.6 Å². The summed E-state index contributed by atoms with van der Waals surface area (Å²) in [4.78, 5) is 11.8. The van der Waals surface area contributed by atoms with Gasteiger partial charge in [0.1, 0.15) is 6.04 Å². The van der Waals surface area contributed by atoms with Gasteiger partial charge in [-0.15, -0.1) is 0 Å². The lowest BCUT2D eigenvalue weighted by atomic mass is 10.2. The third kappa shape index (κ3) is 4.55. The third-order valence-corrected chi connectivity index (χ3v) is 4.02. The summed E-state index contributed by atoms with van der Waals surface area (Å²) in [7, 11) is 0. The van der Waals surface area contributed by atoms with Crippen molar-refractivity contribution in [1.29, 1.82) is 0 Å². The smallest absolute Gasteiger partial charge is 0.242 e. The minimum atomic E-state index is -0.287. The van der Waals surface area contributed by atoms with E-state index in [1.807, 2.05) is 26.0 Å². The van der Waals surface area contributed by atoms with Crippen LogP contribution in [-0.4, -0.2) is 18.5 Å². The molecule has 0 aromatic heterocycles. The highest BCUT2D eigenvalue weighted by molar-refractivity contribution is 9.11. The van der Waals surface area contributed by atoms with Crippen molar-refractivity contribution >= 4 is 59.4 Å². The minimum absolute atomic E-state index is 0.00133. The van der Waals surface area contributed by atoms with E-state index in [-0.39, 0.29) is 11.9 Å². The first-order valence-corrected chi connectivity index (χ1v) is 8.02. The number of carbonyl (C=O) groups is 1. The molecular weight excluding hydrogens is 428 g/mol. The number of anilines is 1. The molecule has 0 heterocycles. The highest BCUT2D eigenvalue weighted by atomic mass is 79.9. The van der Waals surface area contributed by atoms with Gasteiger partial charge in [0.25, 0.3) is 0 Å². The molecule has 18 heavy (non-hydrogen) atoms. The summed E-state index contributed by atoms with van der Waals surface area (Å²) in [6, 6.07) is 3.58. The SMILES string of the molecule is CCCNC(=O)C(C)Nc1c(Br)cc(Br)cc1Br. The van der Waals surface area contributed by atoms with Crippen molar-refractivity contribution in [2.75, 3.05) is 11.9 Å². The molecule has 1 atom stereocenters. The Kier molecular flexibility index (Phi) is 6.66. The van der Waals surface area contributed by atoms with Gasteiger partial charge >= 0.3 is 0 Å². The molecule has 0 fully saturated rings. The fraction of sp³-hybridized carbons (Fsp3) is 0.417. The maximum Gasteiger partial charge on any atom is 0.242 e. The molecule has 0 saturated carbocycles. The van der Waals surface area contributed by atoms with Gasteiger partial charge in [0.2, 0.25) is 5.91 Å². The molecule has 0 bridgehead atoms. The number of rotatable bonds is 5. The molecule has 1 aromatic carbocycles.